The monoisotopic (exact) mass is 193 g/mol. The van der Waals surface area contributed by atoms with Crippen molar-refractivity contribution in [3.05, 3.63) is 18.5 Å². The summed E-state index contributed by atoms with van der Waals surface area (Å²) >= 11 is 0. The largest absolute Gasteiger partial charge is 0.480 e. The minimum Gasteiger partial charge on any atom is -0.480 e. The lowest BCUT2D eigenvalue weighted by molar-refractivity contribution is -0.134. The molecule has 6 nitrogen and oxygen atoms in total. The van der Waals surface area contributed by atoms with E-state index in [0.29, 0.717) is 16.8 Å². The first-order chi connectivity index (χ1) is 6.77. The maximum atomic E-state index is 10.3. The van der Waals surface area contributed by atoms with E-state index in [-0.39, 0.29) is 6.54 Å². The van der Waals surface area contributed by atoms with Crippen molar-refractivity contribution in [1.82, 2.24) is 10.1 Å². The molecule has 0 aliphatic heterocycles. The predicted molar refractivity (Wildman–Crippen MR) is 47.9 cm³/mol. The number of nitrogens with zero attached hydrogens (tertiary/aromatic N) is 2. The fourth-order valence-corrected chi connectivity index (χ4v) is 1.10. The minimum absolute atomic E-state index is 0.183. The van der Waals surface area contributed by atoms with Gasteiger partial charge in [-0.2, -0.15) is 0 Å². The summed E-state index contributed by atoms with van der Waals surface area (Å²) in [4.78, 5) is 14.3. The number of carbonyl (C=O) groups is 1. The Morgan fingerprint density at radius 1 is 1.64 bits per heavy atom. The van der Waals surface area contributed by atoms with Crippen LogP contribution < -0.4 is 5.32 Å². The van der Waals surface area contributed by atoms with Crippen molar-refractivity contribution < 1.29 is 14.4 Å². The summed E-state index contributed by atoms with van der Waals surface area (Å²) in [7, 11) is 0. The zero-order valence-corrected chi connectivity index (χ0v) is 7.10. The van der Waals surface area contributed by atoms with Crippen LogP contribution in [0.5, 0.6) is 0 Å². The molecule has 2 aromatic heterocycles. The predicted octanol–water partition coefficient (Wildman–Crippen LogP) is 0.719. The Morgan fingerprint density at radius 3 is 3.29 bits per heavy atom. The number of rotatable bonds is 3. The van der Waals surface area contributed by atoms with Crippen molar-refractivity contribution >= 4 is 22.8 Å². The summed E-state index contributed by atoms with van der Waals surface area (Å²) in [5.41, 5.74) is 0.577. The second-order valence-electron chi connectivity index (χ2n) is 2.64. The maximum Gasteiger partial charge on any atom is 0.322 e. The van der Waals surface area contributed by atoms with Gasteiger partial charge in [0.25, 0.3) is 0 Å². The number of aromatic nitrogens is 2. The molecule has 6 heteroatoms. The van der Waals surface area contributed by atoms with E-state index >= 15 is 0 Å². The molecule has 0 saturated heterocycles. The first-order valence-electron chi connectivity index (χ1n) is 3.92. The van der Waals surface area contributed by atoms with Crippen LogP contribution in [-0.2, 0) is 4.79 Å². The van der Waals surface area contributed by atoms with Crippen LogP contribution >= 0.6 is 0 Å². The molecule has 0 amide bonds. The fourth-order valence-electron chi connectivity index (χ4n) is 1.10. The molecule has 0 saturated carbocycles. The van der Waals surface area contributed by atoms with E-state index in [4.69, 9.17) is 9.63 Å². The second kappa shape index (κ2) is 3.33. The van der Waals surface area contributed by atoms with Crippen LogP contribution in [0, 0.1) is 0 Å². The lowest BCUT2D eigenvalue weighted by Crippen LogP contribution is -2.13. The SMILES string of the molecule is O=C(O)CNc1nccc2oncc12. The molecule has 14 heavy (non-hydrogen) atoms. The summed E-state index contributed by atoms with van der Waals surface area (Å²) < 4.78 is 4.89. The summed E-state index contributed by atoms with van der Waals surface area (Å²) in [5.74, 6) is -0.480. The van der Waals surface area contributed by atoms with Gasteiger partial charge in [0.05, 0.1) is 11.6 Å². The molecule has 0 radical (unpaired) electrons. The first-order valence-corrected chi connectivity index (χ1v) is 3.92. The fraction of sp³-hybridized carbons (Fsp3) is 0.125. The number of hydrogen-bond donors (Lipinski definition) is 2. The van der Waals surface area contributed by atoms with Gasteiger partial charge in [0.1, 0.15) is 12.4 Å². The van der Waals surface area contributed by atoms with E-state index < -0.39 is 5.97 Å². The van der Waals surface area contributed by atoms with Crippen LogP contribution in [0.4, 0.5) is 5.82 Å². The highest BCUT2D eigenvalue weighted by Gasteiger charge is 2.06. The number of aliphatic carboxylic acids is 1. The molecule has 0 fully saturated rings. The molecule has 0 aliphatic rings. The molecule has 2 rings (SSSR count). The lowest BCUT2D eigenvalue weighted by Gasteiger charge is -2.01. The Labute approximate surface area is 78.5 Å². The molecular formula is C8H7N3O3. The maximum absolute atomic E-state index is 10.3. The highest BCUT2D eigenvalue weighted by atomic mass is 16.5. The van der Waals surface area contributed by atoms with Crippen molar-refractivity contribution in [2.45, 2.75) is 0 Å². The summed E-state index contributed by atoms with van der Waals surface area (Å²) in [6.07, 6.45) is 3.02. The molecule has 2 heterocycles. The third kappa shape index (κ3) is 1.49. The smallest absolute Gasteiger partial charge is 0.322 e. The number of fused-ring (bicyclic) bond motifs is 1. The summed E-state index contributed by atoms with van der Waals surface area (Å²) in [5, 5.41) is 15.4. The second-order valence-corrected chi connectivity index (χ2v) is 2.64. The standard InChI is InChI=1S/C8H7N3O3/c12-7(13)4-10-8-5-3-11-14-6(5)1-2-9-8/h1-3H,4H2,(H,9,10)(H,12,13). The molecule has 72 valence electrons. The normalized spacial score (nSPS) is 10.3. The number of hydrogen-bond acceptors (Lipinski definition) is 5. The molecule has 0 spiro atoms. The quantitative estimate of drug-likeness (QED) is 0.746. The topological polar surface area (TPSA) is 88.2 Å². The number of anilines is 1. The van der Waals surface area contributed by atoms with Gasteiger partial charge in [-0.15, -0.1) is 0 Å². The molecule has 0 bridgehead atoms. The van der Waals surface area contributed by atoms with E-state index in [1.807, 2.05) is 0 Å². The van der Waals surface area contributed by atoms with Crippen molar-refractivity contribution in [3.63, 3.8) is 0 Å². The third-order valence-corrected chi connectivity index (χ3v) is 1.69. The van der Waals surface area contributed by atoms with Crippen LogP contribution in [0.1, 0.15) is 0 Å². The number of carboxylic acid groups (broad SMARTS) is 1. The molecule has 2 N–H and O–H groups in total. The summed E-state index contributed by atoms with van der Waals surface area (Å²) in [6, 6.07) is 1.66. The zero-order chi connectivity index (χ0) is 9.97. The Balaban J connectivity index is 2.32. The van der Waals surface area contributed by atoms with Gasteiger partial charge in [0, 0.05) is 12.3 Å². The van der Waals surface area contributed by atoms with E-state index in [0.717, 1.165) is 0 Å². The Morgan fingerprint density at radius 2 is 2.50 bits per heavy atom. The summed E-state index contributed by atoms with van der Waals surface area (Å²) in [6.45, 7) is -0.183. The number of carboxylic acids is 1. The van der Waals surface area contributed by atoms with Crippen molar-refractivity contribution in [2.75, 3.05) is 11.9 Å². The van der Waals surface area contributed by atoms with Crippen LogP contribution in [0.2, 0.25) is 0 Å². The van der Waals surface area contributed by atoms with Crippen LogP contribution in [0.3, 0.4) is 0 Å². The zero-order valence-electron chi connectivity index (χ0n) is 7.10. The van der Waals surface area contributed by atoms with Crippen LogP contribution in [0.25, 0.3) is 11.0 Å². The Bertz CT molecular complexity index is 466. The molecule has 0 aromatic carbocycles. The van der Waals surface area contributed by atoms with Gasteiger partial charge in [-0.1, -0.05) is 5.16 Å². The van der Waals surface area contributed by atoms with Crippen LogP contribution in [-0.4, -0.2) is 27.8 Å². The number of nitrogens with one attached hydrogen (secondary N) is 1. The van der Waals surface area contributed by atoms with Crippen LogP contribution in [0.15, 0.2) is 23.0 Å². The molecule has 0 atom stereocenters. The lowest BCUT2D eigenvalue weighted by atomic mass is 10.3. The van der Waals surface area contributed by atoms with Gasteiger partial charge in [-0.3, -0.25) is 4.79 Å². The molecular weight excluding hydrogens is 186 g/mol. The van der Waals surface area contributed by atoms with Crippen molar-refractivity contribution in [2.24, 2.45) is 0 Å². The van der Waals surface area contributed by atoms with E-state index in [2.05, 4.69) is 15.5 Å². The highest BCUT2D eigenvalue weighted by Crippen LogP contribution is 2.19. The van der Waals surface area contributed by atoms with E-state index in [1.165, 1.54) is 12.4 Å². The minimum atomic E-state index is -0.944. The number of pyridine rings is 1. The molecule has 0 aliphatic carbocycles. The van der Waals surface area contributed by atoms with Gasteiger partial charge < -0.3 is 14.9 Å². The van der Waals surface area contributed by atoms with Crippen molar-refractivity contribution in [1.29, 1.82) is 0 Å². The van der Waals surface area contributed by atoms with E-state index in [1.54, 1.807) is 6.07 Å². The third-order valence-electron chi connectivity index (χ3n) is 1.69. The van der Waals surface area contributed by atoms with Gasteiger partial charge in [-0.25, -0.2) is 4.98 Å². The van der Waals surface area contributed by atoms with Gasteiger partial charge in [-0.05, 0) is 0 Å². The average molecular weight is 193 g/mol. The molecule has 2 aromatic rings. The highest BCUT2D eigenvalue weighted by molar-refractivity contribution is 5.88. The Kier molecular flexibility index (Phi) is 2.02. The first kappa shape index (κ1) is 8.49. The van der Waals surface area contributed by atoms with Gasteiger partial charge >= 0.3 is 5.97 Å². The molecule has 0 unspecified atom stereocenters. The Hall–Kier alpha value is -2.11. The van der Waals surface area contributed by atoms with Gasteiger partial charge in [0.2, 0.25) is 0 Å². The van der Waals surface area contributed by atoms with E-state index in [9.17, 15) is 4.79 Å². The average Bonchev–Trinajstić information content (AvgIpc) is 2.62. The van der Waals surface area contributed by atoms with Crippen molar-refractivity contribution in [3.8, 4) is 0 Å². The van der Waals surface area contributed by atoms with Gasteiger partial charge in [0.15, 0.2) is 5.58 Å².